The Morgan fingerprint density at radius 1 is 1.20 bits per heavy atom. The summed E-state index contributed by atoms with van der Waals surface area (Å²) in [5, 5.41) is 6.25. The number of carbonyl (C=O) groups is 1. The minimum absolute atomic E-state index is 0.0259. The molecule has 102 valence electrons. The first kappa shape index (κ1) is 12.7. The highest BCUT2D eigenvalue weighted by Gasteiger charge is 2.13. The summed E-state index contributed by atoms with van der Waals surface area (Å²) in [7, 11) is 0. The zero-order valence-corrected chi connectivity index (χ0v) is 11.6. The van der Waals surface area contributed by atoms with Crippen molar-refractivity contribution in [1.82, 2.24) is 5.32 Å². The number of carbonyl (C=O) groups excluding carboxylic acids is 1. The third-order valence-electron chi connectivity index (χ3n) is 3.66. The van der Waals surface area contributed by atoms with E-state index in [0.29, 0.717) is 12.1 Å². The van der Waals surface area contributed by atoms with Crippen molar-refractivity contribution in [2.45, 2.75) is 19.9 Å². The fraction of sp³-hybridized carbons (Fsp3) is 0.235. The first-order valence-corrected chi connectivity index (χ1v) is 6.93. The molecule has 1 amide bonds. The molecule has 0 fully saturated rings. The van der Waals surface area contributed by atoms with Crippen LogP contribution in [0.5, 0.6) is 0 Å². The second-order valence-corrected chi connectivity index (χ2v) is 5.22. The van der Waals surface area contributed by atoms with Gasteiger partial charge in [0.2, 0.25) is 0 Å². The van der Waals surface area contributed by atoms with Gasteiger partial charge in [0.15, 0.2) is 0 Å². The van der Waals surface area contributed by atoms with Crippen LogP contribution in [0.2, 0.25) is 0 Å². The summed E-state index contributed by atoms with van der Waals surface area (Å²) in [5.74, 6) is -0.0259. The molecule has 0 saturated carbocycles. The number of fused-ring (bicyclic) bond motifs is 1. The monoisotopic (exact) mass is 266 g/mol. The lowest BCUT2D eigenvalue weighted by atomic mass is 10.1. The SMILES string of the molecule is Cc1ccc(CNC(=O)c2ccc3c(c2)NCC3)cc1. The zero-order chi connectivity index (χ0) is 13.9. The molecule has 1 heterocycles. The maximum Gasteiger partial charge on any atom is 0.251 e. The van der Waals surface area contributed by atoms with E-state index in [1.165, 1.54) is 11.1 Å². The van der Waals surface area contributed by atoms with E-state index in [9.17, 15) is 4.79 Å². The van der Waals surface area contributed by atoms with Crippen LogP contribution in [0.15, 0.2) is 42.5 Å². The number of aryl methyl sites for hydroxylation is 1. The normalized spacial score (nSPS) is 12.7. The quantitative estimate of drug-likeness (QED) is 0.897. The number of rotatable bonds is 3. The average Bonchev–Trinajstić information content (AvgIpc) is 2.93. The summed E-state index contributed by atoms with van der Waals surface area (Å²) in [6.45, 7) is 3.58. The average molecular weight is 266 g/mol. The Hall–Kier alpha value is -2.29. The Morgan fingerprint density at radius 2 is 2.00 bits per heavy atom. The molecule has 1 aliphatic rings. The lowest BCUT2D eigenvalue weighted by Gasteiger charge is -2.07. The molecule has 0 radical (unpaired) electrons. The summed E-state index contributed by atoms with van der Waals surface area (Å²) in [6, 6.07) is 14.1. The Kier molecular flexibility index (Phi) is 3.42. The van der Waals surface area contributed by atoms with E-state index in [1.54, 1.807) is 0 Å². The fourth-order valence-electron chi connectivity index (χ4n) is 2.42. The summed E-state index contributed by atoms with van der Waals surface area (Å²) >= 11 is 0. The minimum Gasteiger partial charge on any atom is -0.384 e. The number of hydrogen-bond acceptors (Lipinski definition) is 2. The van der Waals surface area contributed by atoms with Crippen molar-refractivity contribution in [3.63, 3.8) is 0 Å². The summed E-state index contributed by atoms with van der Waals surface area (Å²) in [5.41, 5.74) is 5.44. The van der Waals surface area contributed by atoms with Gasteiger partial charge < -0.3 is 10.6 Å². The highest BCUT2D eigenvalue weighted by Crippen LogP contribution is 2.23. The van der Waals surface area contributed by atoms with Gasteiger partial charge in [0.05, 0.1) is 0 Å². The molecule has 3 nitrogen and oxygen atoms in total. The molecule has 3 rings (SSSR count). The molecule has 2 N–H and O–H groups in total. The molecule has 0 aliphatic carbocycles. The molecule has 0 bridgehead atoms. The van der Waals surface area contributed by atoms with E-state index in [1.807, 2.05) is 30.3 Å². The van der Waals surface area contributed by atoms with Gasteiger partial charge in [-0.2, -0.15) is 0 Å². The molecule has 0 unspecified atom stereocenters. The summed E-state index contributed by atoms with van der Waals surface area (Å²) < 4.78 is 0. The van der Waals surface area contributed by atoms with Crippen molar-refractivity contribution < 1.29 is 4.79 Å². The zero-order valence-electron chi connectivity index (χ0n) is 11.6. The molecule has 0 aromatic heterocycles. The molecule has 1 aliphatic heterocycles. The molecular formula is C17H18N2O. The van der Waals surface area contributed by atoms with Gasteiger partial charge in [-0.25, -0.2) is 0 Å². The third-order valence-corrected chi connectivity index (χ3v) is 3.66. The summed E-state index contributed by atoms with van der Waals surface area (Å²) in [6.07, 6.45) is 1.04. The van der Waals surface area contributed by atoms with Crippen LogP contribution in [0, 0.1) is 6.92 Å². The van der Waals surface area contributed by atoms with Crippen molar-refractivity contribution in [3.8, 4) is 0 Å². The van der Waals surface area contributed by atoms with Crippen molar-refractivity contribution in [3.05, 3.63) is 64.7 Å². The van der Waals surface area contributed by atoms with Gasteiger partial charge in [-0.1, -0.05) is 35.9 Å². The van der Waals surface area contributed by atoms with Crippen LogP contribution >= 0.6 is 0 Å². The molecule has 3 heteroatoms. The Morgan fingerprint density at radius 3 is 2.80 bits per heavy atom. The molecule has 2 aromatic carbocycles. The van der Waals surface area contributed by atoms with Crippen LogP contribution in [0.4, 0.5) is 5.69 Å². The maximum atomic E-state index is 12.1. The Labute approximate surface area is 119 Å². The topological polar surface area (TPSA) is 41.1 Å². The predicted octanol–water partition coefficient (Wildman–Crippen LogP) is 2.89. The van der Waals surface area contributed by atoms with Gasteiger partial charge in [0.1, 0.15) is 0 Å². The lowest BCUT2D eigenvalue weighted by Crippen LogP contribution is -2.22. The van der Waals surface area contributed by atoms with Crippen molar-refractivity contribution in [1.29, 1.82) is 0 Å². The molecule has 20 heavy (non-hydrogen) atoms. The van der Waals surface area contributed by atoms with E-state index >= 15 is 0 Å². The Bertz CT molecular complexity index is 632. The standard InChI is InChI=1S/C17H18N2O/c1-12-2-4-13(5-3-12)11-19-17(20)15-7-6-14-8-9-18-16(14)10-15/h2-7,10,18H,8-9,11H2,1H3,(H,19,20). The Balaban J connectivity index is 1.66. The van der Waals surface area contributed by atoms with Gasteiger partial charge in [0, 0.05) is 24.3 Å². The van der Waals surface area contributed by atoms with E-state index in [2.05, 4.69) is 29.7 Å². The van der Waals surface area contributed by atoms with E-state index in [4.69, 9.17) is 0 Å². The number of anilines is 1. The smallest absolute Gasteiger partial charge is 0.251 e. The van der Waals surface area contributed by atoms with E-state index in [-0.39, 0.29) is 5.91 Å². The second-order valence-electron chi connectivity index (χ2n) is 5.22. The highest BCUT2D eigenvalue weighted by molar-refractivity contribution is 5.95. The fourth-order valence-corrected chi connectivity index (χ4v) is 2.42. The molecular weight excluding hydrogens is 248 g/mol. The maximum absolute atomic E-state index is 12.1. The first-order valence-electron chi connectivity index (χ1n) is 6.93. The van der Waals surface area contributed by atoms with Crippen molar-refractivity contribution in [2.24, 2.45) is 0 Å². The number of nitrogens with one attached hydrogen (secondary N) is 2. The van der Waals surface area contributed by atoms with Crippen molar-refractivity contribution >= 4 is 11.6 Å². The molecule has 0 saturated heterocycles. The number of benzene rings is 2. The summed E-state index contributed by atoms with van der Waals surface area (Å²) in [4.78, 5) is 12.1. The van der Waals surface area contributed by atoms with Crippen LogP contribution in [0.3, 0.4) is 0 Å². The van der Waals surface area contributed by atoms with E-state index in [0.717, 1.165) is 24.2 Å². The minimum atomic E-state index is -0.0259. The molecule has 0 atom stereocenters. The van der Waals surface area contributed by atoms with Gasteiger partial charge in [-0.15, -0.1) is 0 Å². The van der Waals surface area contributed by atoms with Crippen LogP contribution in [0.1, 0.15) is 27.0 Å². The molecule has 0 spiro atoms. The van der Waals surface area contributed by atoms with Gasteiger partial charge in [-0.05, 0) is 36.6 Å². The number of amides is 1. The van der Waals surface area contributed by atoms with Gasteiger partial charge >= 0.3 is 0 Å². The molecule has 2 aromatic rings. The van der Waals surface area contributed by atoms with Gasteiger partial charge in [0.25, 0.3) is 5.91 Å². The number of hydrogen-bond donors (Lipinski definition) is 2. The van der Waals surface area contributed by atoms with Crippen LogP contribution in [-0.2, 0) is 13.0 Å². The largest absolute Gasteiger partial charge is 0.384 e. The lowest BCUT2D eigenvalue weighted by molar-refractivity contribution is 0.0951. The van der Waals surface area contributed by atoms with E-state index < -0.39 is 0 Å². The highest BCUT2D eigenvalue weighted by atomic mass is 16.1. The van der Waals surface area contributed by atoms with Crippen molar-refractivity contribution in [2.75, 3.05) is 11.9 Å². The van der Waals surface area contributed by atoms with Crippen LogP contribution in [0.25, 0.3) is 0 Å². The van der Waals surface area contributed by atoms with Crippen LogP contribution in [-0.4, -0.2) is 12.5 Å². The first-order chi connectivity index (χ1) is 9.72. The predicted molar refractivity (Wildman–Crippen MR) is 81.0 cm³/mol. The van der Waals surface area contributed by atoms with Crippen LogP contribution < -0.4 is 10.6 Å². The second kappa shape index (κ2) is 5.37. The third kappa shape index (κ3) is 2.67. The van der Waals surface area contributed by atoms with Gasteiger partial charge in [-0.3, -0.25) is 4.79 Å².